The second-order valence-corrected chi connectivity index (χ2v) is 13.6. The van der Waals surface area contributed by atoms with Crippen molar-refractivity contribution in [2.45, 2.75) is 85.6 Å². The number of methoxy groups -OCH3 is 1. The van der Waals surface area contributed by atoms with Crippen LogP contribution in [0.25, 0.3) is 0 Å². The number of aliphatic imine (C=N–C) groups is 1. The highest BCUT2D eigenvalue weighted by Gasteiger charge is 2.53. The van der Waals surface area contributed by atoms with E-state index < -0.39 is 111 Å². The maximum absolute atomic E-state index is 14.0. The summed E-state index contributed by atoms with van der Waals surface area (Å²) in [6.45, 7) is 12.0. The van der Waals surface area contributed by atoms with Crippen LogP contribution in [-0.2, 0) is 23.8 Å². The quantitative estimate of drug-likeness (QED) is 0.193. The number of aliphatic hydroxyl groups excluding tert-OH is 3. The molecule has 52 heavy (non-hydrogen) atoms. The summed E-state index contributed by atoms with van der Waals surface area (Å²) in [6, 6.07) is 0. The molecule has 0 saturated heterocycles. The van der Waals surface area contributed by atoms with E-state index in [1.54, 1.807) is 33.8 Å². The number of phenolic OH excluding ortho intramolecular Hbond substituents is 1. The van der Waals surface area contributed by atoms with Gasteiger partial charge in [-0.25, -0.2) is 4.99 Å². The van der Waals surface area contributed by atoms with Gasteiger partial charge in [0.25, 0.3) is 11.7 Å². The molecule has 280 valence electrons. The van der Waals surface area contributed by atoms with Gasteiger partial charge in [0, 0.05) is 55.8 Å². The van der Waals surface area contributed by atoms with Gasteiger partial charge in [0.15, 0.2) is 5.78 Å². The van der Waals surface area contributed by atoms with Crippen LogP contribution in [0.5, 0.6) is 11.5 Å². The van der Waals surface area contributed by atoms with Gasteiger partial charge in [0.05, 0.1) is 53.1 Å². The molecule has 1 aromatic rings. The number of fused-ring (bicyclic) bond motifs is 14. The number of aromatic hydroxyl groups is 1. The topological polar surface area (TPSA) is 216 Å². The normalized spacial score (nSPS) is 34.6. The molecular formula is C38H45NO13. The number of nitrogens with zero attached hydrogens (tertiary/aromatic N) is 1. The lowest BCUT2D eigenvalue weighted by Gasteiger charge is -2.38. The summed E-state index contributed by atoms with van der Waals surface area (Å²) < 4.78 is 23.1. The number of carbonyl (C=O) groups excluding carboxylic acids is 5. The van der Waals surface area contributed by atoms with Crippen LogP contribution in [-0.4, -0.2) is 92.7 Å². The van der Waals surface area contributed by atoms with E-state index in [2.05, 4.69) is 4.99 Å². The molecule has 1 aliphatic carbocycles. The van der Waals surface area contributed by atoms with E-state index in [1.807, 2.05) is 0 Å². The molecule has 0 unspecified atom stereocenters. The predicted molar refractivity (Wildman–Crippen MR) is 186 cm³/mol. The molecule has 0 radical (unpaired) electrons. The minimum absolute atomic E-state index is 0.00903. The predicted octanol–water partition coefficient (Wildman–Crippen LogP) is 4.04. The van der Waals surface area contributed by atoms with Crippen LogP contribution in [0.1, 0.15) is 85.1 Å². The Morgan fingerprint density at radius 2 is 1.60 bits per heavy atom. The Kier molecular flexibility index (Phi) is 11.8. The molecule has 4 aliphatic rings. The number of rotatable bonds is 2. The Hall–Kier alpha value is -4.92. The molecule has 3 heterocycles. The van der Waals surface area contributed by atoms with Crippen LogP contribution in [0.3, 0.4) is 0 Å². The molecule has 0 saturated carbocycles. The van der Waals surface area contributed by atoms with Crippen molar-refractivity contribution in [3.8, 4) is 11.5 Å². The number of carbonyl (C=O) groups is 5. The Morgan fingerprint density at radius 3 is 2.19 bits per heavy atom. The third-order valence-corrected chi connectivity index (χ3v) is 10.1. The third-order valence-electron chi connectivity index (χ3n) is 10.1. The molecule has 9 atom stereocenters. The summed E-state index contributed by atoms with van der Waals surface area (Å²) in [5.41, 5.74) is -3.01. The summed E-state index contributed by atoms with van der Waals surface area (Å²) in [4.78, 5) is 70.9. The molecule has 1 amide bonds. The number of Topliss-reactive ketones (excluding diaryl/α,β-unsaturated/α-hetero) is 3. The first-order valence-electron chi connectivity index (χ1n) is 16.8. The number of hydrogen-bond donors (Lipinski definition) is 4. The van der Waals surface area contributed by atoms with Gasteiger partial charge >= 0.3 is 11.8 Å². The maximum Gasteiger partial charge on any atom is 0.312 e. The van der Waals surface area contributed by atoms with E-state index in [9.17, 15) is 44.4 Å². The number of aliphatic hydroxyl groups is 3. The van der Waals surface area contributed by atoms with Gasteiger partial charge in [-0.2, -0.15) is 0 Å². The Bertz CT molecular complexity index is 1840. The lowest BCUT2D eigenvalue weighted by molar-refractivity contribution is -0.160. The van der Waals surface area contributed by atoms with Crippen molar-refractivity contribution in [2.75, 3.05) is 7.11 Å². The van der Waals surface area contributed by atoms with E-state index in [0.29, 0.717) is 6.26 Å². The van der Waals surface area contributed by atoms with Gasteiger partial charge in [-0.05, 0) is 19.9 Å². The van der Waals surface area contributed by atoms with Gasteiger partial charge in [-0.15, -0.1) is 0 Å². The van der Waals surface area contributed by atoms with Crippen LogP contribution >= 0.6 is 0 Å². The van der Waals surface area contributed by atoms with Crippen LogP contribution in [0.4, 0.5) is 0 Å². The summed E-state index contributed by atoms with van der Waals surface area (Å²) in [5.74, 6) is -10.2. The lowest BCUT2D eigenvalue weighted by Crippen LogP contribution is -2.46. The Balaban J connectivity index is 1.91. The smallest absolute Gasteiger partial charge is 0.312 e. The van der Waals surface area contributed by atoms with Gasteiger partial charge in [-0.3, -0.25) is 24.0 Å². The number of ether oxygens (including phenoxy) is 4. The molecule has 14 nitrogen and oxygen atoms in total. The largest absolute Gasteiger partial charge is 0.515 e. The fourth-order valence-corrected chi connectivity index (χ4v) is 6.78. The molecule has 0 aromatic heterocycles. The summed E-state index contributed by atoms with van der Waals surface area (Å²) in [6.07, 6.45) is 3.32. The lowest BCUT2D eigenvalue weighted by atomic mass is 9.78. The third kappa shape index (κ3) is 7.10. The average molecular weight is 724 g/mol. The summed E-state index contributed by atoms with van der Waals surface area (Å²) >= 11 is 0. The molecule has 0 fully saturated rings. The van der Waals surface area contributed by atoms with Gasteiger partial charge in [-0.1, -0.05) is 45.9 Å². The average Bonchev–Trinajstić information content (AvgIpc) is 3.36. The second-order valence-electron chi connectivity index (χ2n) is 13.6. The maximum atomic E-state index is 14.0. The first-order chi connectivity index (χ1) is 24.3. The fraction of sp³-hybridized carbons (Fsp3) is 0.474. The number of ketones is 3. The highest BCUT2D eigenvalue weighted by Crippen LogP contribution is 2.48. The monoisotopic (exact) mass is 723 g/mol. The second kappa shape index (κ2) is 15.4. The van der Waals surface area contributed by atoms with E-state index in [1.165, 1.54) is 53.0 Å². The molecule has 14 heteroatoms. The summed E-state index contributed by atoms with van der Waals surface area (Å²) in [5, 5.41) is 43.8. The van der Waals surface area contributed by atoms with E-state index >= 15 is 0 Å². The fourth-order valence-electron chi connectivity index (χ4n) is 6.78. The number of amides is 1. The van der Waals surface area contributed by atoms with Crippen LogP contribution < -0.4 is 4.74 Å². The van der Waals surface area contributed by atoms with E-state index in [0.717, 1.165) is 6.26 Å². The first kappa shape index (κ1) is 39.9. The number of benzene rings is 1. The van der Waals surface area contributed by atoms with Crippen molar-refractivity contribution in [2.24, 2.45) is 28.7 Å². The van der Waals surface area contributed by atoms with Crippen molar-refractivity contribution in [1.29, 1.82) is 0 Å². The molecule has 5 bridgehead atoms. The Labute approximate surface area is 301 Å². The van der Waals surface area contributed by atoms with Gasteiger partial charge < -0.3 is 39.4 Å². The van der Waals surface area contributed by atoms with Crippen LogP contribution in [0, 0.1) is 30.6 Å². The van der Waals surface area contributed by atoms with Gasteiger partial charge in [0.1, 0.15) is 23.3 Å². The minimum atomic E-state index is -2.12. The molecule has 4 N–H and O–H groups in total. The zero-order valence-electron chi connectivity index (χ0n) is 30.5. The first-order valence-corrected chi connectivity index (χ1v) is 16.8. The molecule has 5 rings (SSSR count). The van der Waals surface area contributed by atoms with Crippen molar-refractivity contribution in [3.05, 3.63) is 70.2 Å². The Morgan fingerprint density at radius 1 is 0.942 bits per heavy atom. The number of hydrogen-bond acceptors (Lipinski definition) is 13. The molecule has 0 spiro atoms. The SMILES string of the molecule is CO[C@H]1/C=C/O[C@@]2(C)Oc3c(C)c(O)c4c(c3C2=O)C(=O)/C(=C\O)C(=NC(=O)/C(C)=C\C=C\[C@H](C)[C@H](O)[C@@H](C)[C@@H](O)[C@@H](C)[C@H](OC(C)=O)[C@@H]1C)C4=O. The van der Waals surface area contributed by atoms with Crippen molar-refractivity contribution < 1.29 is 63.3 Å². The summed E-state index contributed by atoms with van der Waals surface area (Å²) in [7, 11) is 1.40. The number of allylic oxidation sites excluding steroid dienone is 3. The van der Waals surface area contributed by atoms with Crippen molar-refractivity contribution >= 4 is 34.9 Å². The van der Waals surface area contributed by atoms with Gasteiger partial charge in [0.2, 0.25) is 5.78 Å². The number of esters is 1. The highest BCUT2D eigenvalue weighted by atomic mass is 16.7. The van der Waals surface area contributed by atoms with E-state index in [-0.39, 0.29) is 22.4 Å². The van der Waals surface area contributed by atoms with Crippen molar-refractivity contribution in [3.63, 3.8) is 0 Å². The molecule has 1 aromatic carbocycles. The zero-order valence-corrected chi connectivity index (χ0v) is 30.5. The number of phenols is 1. The molecular weight excluding hydrogens is 678 g/mol. The zero-order chi connectivity index (χ0) is 39.0. The highest BCUT2D eigenvalue weighted by molar-refractivity contribution is 6.63. The van der Waals surface area contributed by atoms with Crippen LogP contribution in [0.2, 0.25) is 0 Å². The minimum Gasteiger partial charge on any atom is -0.515 e. The van der Waals surface area contributed by atoms with Crippen LogP contribution in [0.15, 0.2) is 53.0 Å². The molecule has 3 aliphatic heterocycles. The standard InChI is InChI=1S/C38H45NO13/c1-16-11-10-12-17(2)37(48)39-28-23(15-40)32(45)25-26(33(28)46)31(44)21(6)35-27(25)36(47)38(8,52-35)50-14-13-24(49-9)18(3)34(51-22(7)41)20(5)30(43)19(4)29(16)42/h10-16,18-20,24,29-30,34,40,42-44H,1-9H3/b11-10+,14-13+,17-12-,23-15-,39-28?/t16-,18+,19+,20+,24-,29-,30+,34+,38-/m0/s1. The van der Waals surface area contributed by atoms with E-state index in [4.69, 9.17) is 18.9 Å². The van der Waals surface area contributed by atoms with Crippen molar-refractivity contribution in [1.82, 2.24) is 0 Å².